The lowest BCUT2D eigenvalue weighted by Crippen LogP contribution is -2.10. The molecule has 0 aliphatic carbocycles. The summed E-state index contributed by atoms with van der Waals surface area (Å²) >= 11 is 0. The van der Waals surface area contributed by atoms with Crippen LogP contribution in [0.3, 0.4) is 0 Å². The van der Waals surface area contributed by atoms with Crippen molar-refractivity contribution in [1.82, 2.24) is 5.32 Å². The quantitative estimate of drug-likeness (QED) is 0.662. The molecule has 90 valence electrons. The topological polar surface area (TPSA) is 12.0 Å². The Balaban J connectivity index is 2.36. The van der Waals surface area contributed by atoms with Gasteiger partial charge < -0.3 is 0 Å². The predicted octanol–water partition coefficient (Wildman–Crippen LogP) is 3.96. The number of benzene rings is 1. The SMILES string of the molecule is CC1=C(C)C2NC1c1c(C)c(C)c(C)c(C)c12. The maximum Gasteiger partial charge on any atom is 0.0550 e. The first kappa shape index (κ1) is 11.0. The van der Waals surface area contributed by atoms with Crippen molar-refractivity contribution in [3.8, 4) is 0 Å². The lowest BCUT2D eigenvalue weighted by atomic mass is 9.79. The minimum absolute atomic E-state index is 0.480. The van der Waals surface area contributed by atoms with Crippen LogP contribution >= 0.6 is 0 Å². The second kappa shape index (κ2) is 3.23. The molecule has 2 aliphatic rings. The minimum Gasteiger partial charge on any atom is -0.296 e. The van der Waals surface area contributed by atoms with Gasteiger partial charge in [-0.3, -0.25) is 5.32 Å². The number of hydrogen-bond donors (Lipinski definition) is 1. The Morgan fingerprint density at radius 1 is 0.588 bits per heavy atom. The van der Waals surface area contributed by atoms with Crippen molar-refractivity contribution in [2.24, 2.45) is 0 Å². The molecule has 0 fully saturated rings. The molecule has 0 radical (unpaired) electrons. The van der Waals surface area contributed by atoms with Crippen LogP contribution in [0.5, 0.6) is 0 Å². The van der Waals surface area contributed by atoms with Gasteiger partial charge in [-0.05, 0) is 74.9 Å². The normalized spacial score (nSPS) is 25.8. The molecule has 3 rings (SSSR count). The van der Waals surface area contributed by atoms with Gasteiger partial charge in [-0.2, -0.15) is 0 Å². The first-order valence-corrected chi connectivity index (χ1v) is 6.48. The summed E-state index contributed by atoms with van der Waals surface area (Å²) in [4.78, 5) is 0. The first-order chi connectivity index (χ1) is 7.95. The number of nitrogens with one attached hydrogen (secondary N) is 1. The number of fused-ring (bicyclic) bond motifs is 5. The summed E-state index contributed by atoms with van der Waals surface area (Å²) in [5.74, 6) is 0. The van der Waals surface area contributed by atoms with Gasteiger partial charge in [0.05, 0.1) is 12.1 Å². The van der Waals surface area contributed by atoms with Crippen molar-refractivity contribution in [3.63, 3.8) is 0 Å². The number of rotatable bonds is 0. The molecule has 2 unspecified atom stereocenters. The maximum absolute atomic E-state index is 3.75. The first-order valence-electron chi connectivity index (χ1n) is 6.48. The van der Waals surface area contributed by atoms with Gasteiger partial charge in [-0.25, -0.2) is 0 Å². The monoisotopic (exact) mass is 227 g/mol. The van der Waals surface area contributed by atoms with E-state index >= 15 is 0 Å². The third-order valence-corrected chi connectivity index (χ3v) is 5.18. The zero-order valence-corrected chi connectivity index (χ0v) is 11.7. The molecule has 1 aromatic carbocycles. The largest absolute Gasteiger partial charge is 0.296 e. The van der Waals surface area contributed by atoms with Crippen LogP contribution in [-0.2, 0) is 0 Å². The van der Waals surface area contributed by atoms with E-state index < -0.39 is 0 Å². The fourth-order valence-corrected chi connectivity index (χ4v) is 3.59. The molecule has 2 aliphatic heterocycles. The molecule has 2 atom stereocenters. The van der Waals surface area contributed by atoms with Crippen LogP contribution in [0.1, 0.15) is 59.3 Å². The van der Waals surface area contributed by atoms with Gasteiger partial charge in [-0.1, -0.05) is 11.1 Å². The summed E-state index contributed by atoms with van der Waals surface area (Å²) in [5, 5.41) is 3.75. The van der Waals surface area contributed by atoms with Crippen LogP contribution in [0.15, 0.2) is 11.1 Å². The predicted molar refractivity (Wildman–Crippen MR) is 72.4 cm³/mol. The third-order valence-electron chi connectivity index (χ3n) is 5.18. The summed E-state index contributed by atoms with van der Waals surface area (Å²) < 4.78 is 0. The fourth-order valence-electron chi connectivity index (χ4n) is 3.59. The highest BCUT2D eigenvalue weighted by Gasteiger charge is 2.41. The van der Waals surface area contributed by atoms with Crippen LogP contribution in [-0.4, -0.2) is 0 Å². The Hall–Kier alpha value is -1.08. The molecule has 0 spiro atoms. The molecule has 1 heteroatoms. The minimum atomic E-state index is 0.480. The van der Waals surface area contributed by atoms with Gasteiger partial charge in [0.15, 0.2) is 0 Å². The molecule has 0 amide bonds. The van der Waals surface area contributed by atoms with Gasteiger partial charge in [0, 0.05) is 0 Å². The summed E-state index contributed by atoms with van der Waals surface area (Å²) in [5.41, 5.74) is 12.1. The van der Waals surface area contributed by atoms with Crippen LogP contribution in [0.2, 0.25) is 0 Å². The van der Waals surface area contributed by atoms with Gasteiger partial charge in [-0.15, -0.1) is 0 Å². The van der Waals surface area contributed by atoms with E-state index in [1.807, 2.05) is 0 Å². The summed E-state index contributed by atoms with van der Waals surface area (Å²) in [7, 11) is 0. The Morgan fingerprint density at radius 2 is 0.941 bits per heavy atom. The van der Waals surface area contributed by atoms with E-state index in [4.69, 9.17) is 0 Å². The van der Waals surface area contributed by atoms with Crippen LogP contribution in [0.25, 0.3) is 0 Å². The summed E-state index contributed by atoms with van der Waals surface area (Å²) in [6.07, 6.45) is 0. The second-order valence-electron chi connectivity index (χ2n) is 5.73. The Labute approximate surface area is 104 Å². The van der Waals surface area contributed by atoms with E-state index in [1.165, 1.54) is 33.4 Å². The zero-order chi connectivity index (χ0) is 12.5. The van der Waals surface area contributed by atoms with Gasteiger partial charge in [0.2, 0.25) is 0 Å². The molecular weight excluding hydrogens is 206 g/mol. The third kappa shape index (κ3) is 1.13. The van der Waals surface area contributed by atoms with E-state index in [9.17, 15) is 0 Å². The summed E-state index contributed by atoms with van der Waals surface area (Å²) in [6, 6.07) is 0.959. The van der Waals surface area contributed by atoms with E-state index in [0.717, 1.165) is 0 Å². The van der Waals surface area contributed by atoms with Crippen molar-refractivity contribution in [2.75, 3.05) is 0 Å². The lowest BCUT2D eigenvalue weighted by Gasteiger charge is -2.24. The Kier molecular flexibility index (Phi) is 2.10. The molecule has 0 saturated carbocycles. The van der Waals surface area contributed by atoms with Crippen LogP contribution < -0.4 is 5.32 Å². The summed E-state index contributed by atoms with van der Waals surface area (Å²) in [6.45, 7) is 13.6. The average Bonchev–Trinajstić information content (AvgIpc) is 2.82. The van der Waals surface area contributed by atoms with Crippen LogP contribution in [0, 0.1) is 27.7 Å². The molecule has 1 aromatic rings. The van der Waals surface area contributed by atoms with Gasteiger partial charge in [0.25, 0.3) is 0 Å². The zero-order valence-electron chi connectivity index (χ0n) is 11.7. The van der Waals surface area contributed by atoms with Gasteiger partial charge in [0.1, 0.15) is 0 Å². The number of hydrogen-bond acceptors (Lipinski definition) is 1. The van der Waals surface area contributed by atoms with Crippen molar-refractivity contribution in [1.29, 1.82) is 0 Å². The molecule has 0 aromatic heterocycles. The lowest BCUT2D eigenvalue weighted by molar-refractivity contribution is 0.647. The standard InChI is InChI=1S/C16H21N/c1-7-8(2)10(4)14-13(9(7)3)15-11(5)12(6)16(14)17-15/h15-17H,1-6H3. The smallest absolute Gasteiger partial charge is 0.0550 e. The van der Waals surface area contributed by atoms with Gasteiger partial charge >= 0.3 is 0 Å². The Bertz CT molecular complexity index is 515. The van der Waals surface area contributed by atoms with E-state index in [-0.39, 0.29) is 0 Å². The fraction of sp³-hybridized carbons (Fsp3) is 0.500. The van der Waals surface area contributed by atoms with Crippen molar-refractivity contribution < 1.29 is 0 Å². The maximum atomic E-state index is 3.75. The van der Waals surface area contributed by atoms with Crippen molar-refractivity contribution in [3.05, 3.63) is 44.5 Å². The second-order valence-corrected chi connectivity index (χ2v) is 5.73. The van der Waals surface area contributed by atoms with Crippen LogP contribution in [0.4, 0.5) is 0 Å². The highest BCUT2D eigenvalue weighted by atomic mass is 15.0. The molecule has 2 heterocycles. The Morgan fingerprint density at radius 3 is 1.29 bits per heavy atom. The van der Waals surface area contributed by atoms with Crippen molar-refractivity contribution >= 4 is 0 Å². The molecule has 0 saturated heterocycles. The molecule has 1 N–H and O–H groups in total. The highest BCUT2D eigenvalue weighted by molar-refractivity contribution is 5.62. The molecule has 1 nitrogen and oxygen atoms in total. The van der Waals surface area contributed by atoms with E-state index in [0.29, 0.717) is 12.1 Å². The van der Waals surface area contributed by atoms with Crippen molar-refractivity contribution in [2.45, 2.75) is 53.6 Å². The highest BCUT2D eigenvalue weighted by Crippen LogP contribution is 2.51. The molecule has 2 bridgehead atoms. The molecule has 17 heavy (non-hydrogen) atoms. The molecular formula is C16H21N. The average molecular weight is 227 g/mol. The van der Waals surface area contributed by atoms with E-state index in [2.05, 4.69) is 46.9 Å². The van der Waals surface area contributed by atoms with E-state index in [1.54, 1.807) is 11.1 Å².